The lowest BCUT2D eigenvalue weighted by Gasteiger charge is -2.63. The van der Waals surface area contributed by atoms with Crippen LogP contribution in [0.2, 0.25) is 0 Å². The summed E-state index contributed by atoms with van der Waals surface area (Å²) in [5.41, 5.74) is 0.427. The fourth-order valence-corrected chi connectivity index (χ4v) is 5.99. The third kappa shape index (κ3) is 4.26. The van der Waals surface area contributed by atoms with E-state index in [1.807, 2.05) is 0 Å². The average Bonchev–Trinajstić information content (AvgIpc) is 3.31. The Morgan fingerprint density at radius 1 is 0.741 bits per heavy atom. The quantitative estimate of drug-likeness (QED) is 0.705. The van der Waals surface area contributed by atoms with Crippen molar-refractivity contribution in [2.75, 3.05) is 19.6 Å². The summed E-state index contributed by atoms with van der Waals surface area (Å²) in [5.74, 6) is 3.29. The second-order valence-corrected chi connectivity index (χ2v) is 11.8. The van der Waals surface area contributed by atoms with Gasteiger partial charge in [-0.15, -0.1) is 0 Å². The number of piperidine rings is 2. The van der Waals surface area contributed by atoms with Crippen molar-refractivity contribution in [3.8, 4) is 0 Å². The molecule has 3 nitrogen and oxygen atoms in total. The molecule has 0 aromatic heterocycles. The van der Waals surface area contributed by atoms with Crippen molar-refractivity contribution in [1.82, 2.24) is 14.7 Å². The van der Waals surface area contributed by atoms with Gasteiger partial charge >= 0.3 is 0 Å². The molecule has 0 amide bonds. The Bertz CT molecular complexity index is 495. The zero-order valence-corrected chi connectivity index (χ0v) is 19.1. The van der Waals surface area contributed by atoms with Gasteiger partial charge in [0.2, 0.25) is 0 Å². The normalized spacial score (nSPS) is 41.7. The third-order valence-electron chi connectivity index (χ3n) is 8.15. The number of fused-ring (bicyclic) bond motifs is 2. The molecule has 4 atom stereocenters. The topological polar surface area (TPSA) is 9.72 Å². The standard InChI is InChI=1S/C9H17N.C8H15N.C7H13N/c1-9(2,3)10-5-4-7-6-8(7)10;1-6(2)9-4-7-3-8(7)5-9;1-5(2)8-6-3-7(8)4-6/h7-8H,4-6H2,1-3H3;6-8H,3-5H2,1-2H3;5-7H,3-4H2,1-2H3. The summed E-state index contributed by atoms with van der Waals surface area (Å²) in [6, 6.07) is 4.57. The Morgan fingerprint density at radius 2 is 1.33 bits per heavy atom. The van der Waals surface area contributed by atoms with Gasteiger partial charge in [0.1, 0.15) is 0 Å². The van der Waals surface area contributed by atoms with Crippen LogP contribution in [-0.4, -0.2) is 70.1 Å². The Hall–Kier alpha value is -0.120. The van der Waals surface area contributed by atoms with Crippen LogP contribution in [0, 0.1) is 17.8 Å². The Kier molecular flexibility index (Phi) is 5.44. The van der Waals surface area contributed by atoms with Crippen LogP contribution in [0.4, 0.5) is 0 Å². The van der Waals surface area contributed by atoms with Crippen molar-refractivity contribution in [2.24, 2.45) is 17.8 Å². The van der Waals surface area contributed by atoms with Gasteiger partial charge in [-0.2, -0.15) is 0 Å². The van der Waals surface area contributed by atoms with Crippen molar-refractivity contribution in [3.05, 3.63) is 0 Å². The molecule has 3 aliphatic carbocycles. The number of likely N-dealkylation sites (tertiary alicyclic amines) is 2. The monoisotopic (exact) mass is 375 g/mol. The Labute approximate surface area is 168 Å². The molecule has 0 N–H and O–H groups in total. The molecule has 0 spiro atoms. The van der Waals surface area contributed by atoms with E-state index in [1.54, 1.807) is 0 Å². The maximum absolute atomic E-state index is 2.66. The van der Waals surface area contributed by atoms with E-state index in [4.69, 9.17) is 0 Å². The van der Waals surface area contributed by atoms with E-state index in [2.05, 4.69) is 63.2 Å². The van der Waals surface area contributed by atoms with Gasteiger partial charge in [0.15, 0.2) is 0 Å². The summed E-state index contributed by atoms with van der Waals surface area (Å²) in [7, 11) is 0. The van der Waals surface area contributed by atoms with Gasteiger partial charge in [0.05, 0.1) is 0 Å². The molecule has 0 aromatic rings. The van der Waals surface area contributed by atoms with Crippen LogP contribution in [-0.2, 0) is 0 Å². The van der Waals surface area contributed by atoms with E-state index in [-0.39, 0.29) is 0 Å². The van der Waals surface area contributed by atoms with E-state index >= 15 is 0 Å². The molecule has 3 heteroatoms. The second kappa shape index (κ2) is 7.29. The molecule has 2 bridgehead atoms. The summed E-state index contributed by atoms with van der Waals surface area (Å²) in [5, 5.41) is 0. The van der Waals surface area contributed by atoms with Crippen LogP contribution in [0.3, 0.4) is 0 Å². The molecule has 3 saturated carbocycles. The van der Waals surface area contributed by atoms with Crippen LogP contribution in [0.1, 0.15) is 80.6 Å². The predicted octanol–water partition coefficient (Wildman–Crippen LogP) is 4.47. The highest BCUT2D eigenvalue weighted by Crippen LogP contribution is 2.47. The zero-order valence-electron chi connectivity index (χ0n) is 19.1. The van der Waals surface area contributed by atoms with Gasteiger partial charge in [-0.25, -0.2) is 0 Å². The molecule has 7 aliphatic rings. The van der Waals surface area contributed by atoms with Gasteiger partial charge < -0.3 is 4.90 Å². The van der Waals surface area contributed by atoms with E-state index in [1.165, 1.54) is 51.7 Å². The lowest BCUT2D eigenvalue weighted by molar-refractivity contribution is -0.128. The Morgan fingerprint density at radius 3 is 1.52 bits per heavy atom. The summed E-state index contributed by atoms with van der Waals surface area (Å²) in [6.07, 6.45) is 7.47. The minimum Gasteiger partial charge on any atom is -0.300 e. The first-order chi connectivity index (χ1) is 12.6. The molecule has 7 rings (SSSR count). The molecule has 156 valence electrons. The first kappa shape index (κ1) is 20.2. The minimum atomic E-state index is 0.427. The lowest BCUT2D eigenvalue weighted by Crippen LogP contribution is -2.70. The molecule has 4 unspecified atom stereocenters. The maximum Gasteiger partial charge on any atom is 0.0133 e. The predicted molar refractivity (Wildman–Crippen MR) is 115 cm³/mol. The molecule has 0 radical (unpaired) electrons. The van der Waals surface area contributed by atoms with Gasteiger partial charge in [0, 0.05) is 48.8 Å². The first-order valence-electron chi connectivity index (χ1n) is 11.9. The SMILES string of the molecule is CC(C)(C)N1CCC2CC21.CC(C)N1C2CC1C2.CC(C)N1CC2CC2C1. The molecule has 4 aliphatic heterocycles. The maximum atomic E-state index is 2.66. The summed E-state index contributed by atoms with van der Waals surface area (Å²) in [6.45, 7) is 20.3. The fraction of sp³-hybridized carbons (Fsp3) is 1.00. The van der Waals surface area contributed by atoms with E-state index < -0.39 is 0 Å². The number of hydrogen-bond donors (Lipinski definition) is 0. The third-order valence-corrected chi connectivity index (χ3v) is 8.15. The molecule has 4 heterocycles. The number of rotatable bonds is 2. The summed E-state index contributed by atoms with van der Waals surface area (Å²) in [4.78, 5) is 7.87. The van der Waals surface area contributed by atoms with Crippen LogP contribution >= 0.6 is 0 Å². The first-order valence-corrected chi connectivity index (χ1v) is 11.9. The minimum absolute atomic E-state index is 0.427. The van der Waals surface area contributed by atoms with Gasteiger partial charge in [-0.1, -0.05) is 0 Å². The van der Waals surface area contributed by atoms with Crippen molar-refractivity contribution in [1.29, 1.82) is 0 Å². The highest BCUT2D eigenvalue weighted by Gasteiger charge is 2.51. The van der Waals surface area contributed by atoms with Crippen LogP contribution in [0.5, 0.6) is 0 Å². The second-order valence-electron chi connectivity index (χ2n) is 11.8. The Balaban J connectivity index is 0.000000101. The van der Waals surface area contributed by atoms with E-state index in [0.29, 0.717) is 5.54 Å². The van der Waals surface area contributed by atoms with Crippen LogP contribution in [0.25, 0.3) is 0 Å². The van der Waals surface area contributed by atoms with Crippen LogP contribution < -0.4 is 0 Å². The number of nitrogens with zero attached hydrogens (tertiary/aromatic N) is 3. The van der Waals surface area contributed by atoms with Gasteiger partial charge in [-0.05, 0) is 105 Å². The van der Waals surface area contributed by atoms with Crippen molar-refractivity contribution < 1.29 is 0 Å². The van der Waals surface area contributed by atoms with Gasteiger partial charge in [0.25, 0.3) is 0 Å². The largest absolute Gasteiger partial charge is 0.300 e. The molecule has 0 aromatic carbocycles. The van der Waals surface area contributed by atoms with E-state index in [9.17, 15) is 0 Å². The van der Waals surface area contributed by atoms with Gasteiger partial charge in [-0.3, -0.25) is 9.80 Å². The molecule has 27 heavy (non-hydrogen) atoms. The van der Waals surface area contributed by atoms with E-state index in [0.717, 1.165) is 48.0 Å². The average molecular weight is 376 g/mol. The molecule has 4 saturated heterocycles. The van der Waals surface area contributed by atoms with Crippen molar-refractivity contribution in [3.63, 3.8) is 0 Å². The van der Waals surface area contributed by atoms with Crippen molar-refractivity contribution >= 4 is 0 Å². The smallest absolute Gasteiger partial charge is 0.0133 e. The lowest BCUT2D eigenvalue weighted by atomic mass is 9.71. The zero-order chi connectivity index (χ0) is 19.5. The fourth-order valence-electron chi connectivity index (χ4n) is 5.99. The summed E-state index contributed by atoms with van der Waals surface area (Å²) >= 11 is 0. The van der Waals surface area contributed by atoms with Crippen molar-refractivity contribution in [2.45, 2.75) is 116 Å². The molecular weight excluding hydrogens is 330 g/mol. The molecule has 7 fully saturated rings. The highest BCUT2D eigenvalue weighted by molar-refractivity contribution is 5.07. The van der Waals surface area contributed by atoms with Crippen LogP contribution in [0.15, 0.2) is 0 Å². The number of hydrogen-bond acceptors (Lipinski definition) is 3. The highest BCUT2D eigenvalue weighted by atomic mass is 15.3. The summed E-state index contributed by atoms with van der Waals surface area (Å²) < 4.78 is 0. The molecular formula is C24H45N3.